The molecular weight excluding hydrogens is 252 g/mol. The topological polar surface area (TPSA) is 17.3 Å². The summed E-state index contributed by atoms with van der Waals surface area (Å²) in [6, 6.07) is 18.7. The maximum Gasteiger partial charge on any atom is 0.189 e. The Kier molecular flexibility index (Phi) is 3.29. The molecule has 0 fully saturated rings. The standard InChI is InChI=1S/C16H14N2S/c1-18-11-12-19-16(18)17-15-9-7-14(8-10-15)13-5-3-2-4-6-13/h2-12H,1H3. The number of benzene rings is 2. The van der Waals surface area contributed by atoms with E-state index in [2.05, 4.69) is 53.5 Å². The summed E-state index contributed by atoms with van der Waals surface area (Å²) in [6.07, 6.45) is 2.02. The second-order valence-corrected chi connectivity index (χ2v) is 5.19. The van der Waals surface area contributed by atoms with Crippen LogP contribution in [0.3, 0.4) is 0 Å². The van der Waals surface area contributed by atoms with E-state index in [1.807, 2.05) is 29.3 Å². The quantitative estimate of drug-likeness (QED) is 0.667. The van der Waals surface area contributed by atoms with E-state index in [1.165, 1.54) is 11.1 Å². The van der Waals surface area contributed by atoms with Gasteiger partial charge < -0.3 is 4.57 Å². The third kappa shape index (κ3) is 2.66. The minimum absolute atomic E-state index is 0.984. The Labute approximate surface area is 116 Å². The van der Waals surface area contributed by atoms with Crippen molar-refractivity contribution in [3.05, 3.63) is 71.0 Å². The van der Waals surface area contributed by atoms with Gasteiger partial charge in [0.1, 0.15) is 0 Å². The van der Waals surface area contributed by atoms with Crippen LogP contribution in [0, 0.1) is 0 Å². The number of aromatic nitrogens is 1. The second-order valence-electron chi connectivity index (χ2n) is 4.32. The molecule has 3 aromatic rings. The molecule has 1 aromatic heterocycles. The molecule has 0 amide bonds. The van der Waals surface area contributed by atoms with Crippen LogP contribution in [0.4, 0.5) is 5.69 Å². The summed E-state index contributed by atoms with van der Waals surface area (Å²) in [6.45, 7) is 0. The molecular formula is C16H14N2S. The summed E-state index contributed by atoms with van der Waals surface area (Å²) < 4.78 is 2.02. The zero-order valence-electron chi connectivity index (χ0n) is 10.7. The lowest BCUT2D eigenvalue weighted by Gasteiger charge is -2.01. The summed E-state index contributed by atoms with van der Waals surface area (Å²) in [5.41, 5.74) is 3.43. The van der Waals surface area contributed by atoms with E-state index in [1.54, 1.807) is 11.3 Å². The molecule has 0 atom stereocenters. The van der Waals surface area contributed by atoms with Gasteiger partial charge in [0.25, 0.3) is 0 Å². The Balaban J connectivity index is 1.94. The van der Waals surface area contributed by atoms with Gasteiger partial charge in [-0.2, -0.15) is 0 Å². The van der Waals surface area contributed by atoms with Crippen LogP contribution in [0.5, 0.6) is 0 Å². The number of rotatable bonds is 2. The lowest BCUT2D eigenvalue weighted by molar-refractivity contribution is 0.874. The fourth-order valence-electron chi connectivity index (χ4n) is 1.90. The van der Waals surface area contributed by atoms with Crippen molar-refractivity contribution in [3.63, 3.8) is 0 Å². The van der Waals surface area contributed by atoms with Gasteiger partial charge in [0.05, 0.1) is 5.69 Å². The molecule has 0 unspecified atom stereocenters. The van der Waals surface area contributed by atoms with E-state index in [-0.39, 0.29) is 0 Å². The maximum absolute atomic E-state index is 4.62. The molecule has 94 valence electrons. The molecule has 0 saturated carbocycles. The zero-order chi connectivity index (χ0) is 13.1. The van der Waals surface area contributed by atoms with Crippen molar-refractivity contribution < 1.29 is 0 Å². The molecule has 0 aliphatic heterocycles. The van der Waals surface area contributed by atoms with Crippen molar-refractivity contribution in [2.45, 2.75) is 0 Å². The third-order valence-corrected chi connectivity index (χ3v) is 3.81. The van der Waals surface area contributed by atoms with Crippen molar-refractivity contribution >= 4 is 17.0 Å². The molecule has 0 radical (unpaired) electrons. The summed E-state index contributed by atoms with van der Waals surface area (Å²) in [7, 11) is 2.01. The maximum atomic E-state index is 4.62. The predicted octanol–water partition coefficient (Wildman–Crippen LogP) is 3.99. The minimum atomic E-state index is 0.984. The summed E-state index contributed by atoms with van der Waals surface area (Å²) in [4.78, 5) is 5.62. The first kappa shape index (κ1) is 11.9. The van der Waals surface area contributed by atoms with Crippen LogP contribution in [0.2, 0.25) is 0 Å². The number of aryl methyl sites for hydroxylation is 1. The second kappa shape index (κ2) is 5.24. The van der Waals surface area contributed by atoms with E-state index in [0.29, 0.717) is 0 Å². The zero-order valence-corrected chi connectivity index (χ0v) is 11.5. The Morgan fingerprint density at radius 1 is 0.895 bits per heavy atom. The lowest BCUT2D eigenvalue weighted by Crippen LogP contribution is -2.07. The van der Waals surface area contributed by atoms with Crippen molar-refractivity contribution in [3.8, 4) is 11.1 Å². The smallest absolute Gasteiger partial charge is 0.189 e. The number of hydrogen-bond donors (Lipinski definition) is 0. The average Bonchev–Trinajstić information content (AvgIpc) is 2.86. The van der Waals surface area contributed by atoms with E-state index in [9.17, 15) is 0 Å². The van der Waals surface area contributed by atoms with E-state index >= 15 is 0 Å². The minimum Gasteiger partial charge on any atom is -0.327 e. The van der Waals surface area contributed by atoms with Crippen molar-refractivity contribution in [1.82, 2.24) is 4.57 Å². The molecule has 3 heteroatoms. The Hall–Kier alpha value is -2.13. The fourth-order valence-corrected chi connectivity index (χ4v) is 2.65. The SMILES string of the molecule is Cn1ccsc1=Nc1ccc(-c2ccccc2)cc1. The van der Waals surface area contributed by atoms with E-state index in [4.69, 9.17) is 0 Å². The molecule has 0 aliphatic carbocycles. The largest absolute Gasteiger partial charge is 0.327 e. The van der Waals surface area contributed by atoms with Gasteiger partial charge in [0, 0.05) is 18.6 Å². The molecule has 0 spiro atoms. The van der Waals surface area contributed by atoms with Crippen molar-refractivity contribution in [1.29, 1.82) is 0 Å². The molecule has 0 saturated heterocycles. The molecule has 2 aromatic carbocycles. The van der Waals surface area contributed by atoms with Crippen LogP contribution in [0.15, 0.2) is 71.2 Å². The number of hydrogen-bond acceptors (Lipinski definition) is 2. The first-order chi connectivity index (χ1) is 9.33. The summed E-state index contributed by atoms with van der Waals surface area (Å²) >= 11 is 1.64. The molecule has 2 nitrogen and oxygen atoms in total. The van der Waals surface area contributed by atoms with Gasteiger partial charge in [-0.15, -0.1) is 11.3 Å². The van der Waals surface area contributed by atoms with Gasteiger partial charge in [-0.05, 0) is 23.3 Å². The Morgan fingerprint density at radius 3 is 2.21 bits per heavy atom. The number of nitrogens with zero attached hydrogens (tertiary/aromatic N) is 2. The van der Waals surface area contributed by atoms with Crippen LogP contribution in [0.25, 0.3) is 11.1 Å². The highest BCUT2D eigenvalue weighted by Gasteiger charge is 1.97. The first-order valence-corrected chi connectivity index (χ1v) is 7.01. The molecule has 19 heavy (non-hydrogen) atoms. The van der Waals surface area contributed by atoms with Crippen molar-refractivity contribution in [2.75, 3.05) is 0 Å². The van der Waals surface area contributed by atoms with Gasteiger partial charge in [-0.3, -0.25) is 0 Å². The molecule has 3 rings (SSSR count). The van der Waals surface area contributed by atoms with Gasteiger partial charge in [-0.25, -0.2) is 4.99 Å². The summed E-state index contributed by atoms with van der Waals surface area (Å²) in [5, 5.41) is 2.04. The molecule has 0 aliphatic rings. The normalized spacial score (nSPS) is 11.7. The fraction of sp³-hybridized carbons (Fsp3) is 0.0625. The van der Waals surface area contributed by atoms with E-state index in [0.717, 1.165) is 10.5 Å². The highest BCUT2D eigenvalue weighted by Crippen LogP contribution is 2.21. The van der Waals surface area contributed by atoms with Crippen LogP contribution in [0.1, 0.15) is 0 Å². The summed E-state index contributed by atoms with van der Waals surface area (Å²) in [5.74, 6) is 0. The van der Waals surface area contributed by atoms with Gasteiger partial charge >= 0.3 is 0 Å². The van der Waals surface area contributed by atoms with Crippen LogP contribution < -0.4 is 4.80 Å². The molecule has 0 bridgehead atoms. The van der Waals surface area contributed by atoms with Crippen molar-refractivity contribution in [2.24, 2.45) is 12.0 Å². The van der Waals surface area contributed by atoms with Crippen LogP contribution >= 0.6 is 11.3 Å². The highest BCUT2D eigenvalue weighted by atomic mass is 32.1. The highest BCUT2D eigenvalue weighted by molar-refractivity contribution is 7.07. The average molecular weight is 266 g/mol. The molecule has 1 heterocycles. The van der Waals surface area contributed by atoms with Crippen LogP contribution in [-0.4, -0.2) is 4.57 Å². The van der Waals surface area contributed by atoms with Gasteiger partial charge in [-0.1, -0.05) is 42.5 Å². The molecule has 0 N–H and O–H groups in total. The van der Waals surface area contributed by atoms with E-state index < -0.39 is 0 Å². The predicted molar refractivity (Wildman–Crippen MR) is 80.4 cm³/mol. The van der Waals surface area contributed by atoms with Crippen LogP contribution in [-0.2, 0) is 7.05 Å². The monoisotopic (exact) mass is 266 g/mol. The first-order valence-electron chi connectivity index (χ1n) is 6.13. The Morgan fingerprint density at radius 2 is 1.58 bits per heavy atom. The van der Waals surface area contributed by atoms with Gasteiger partial charge in [0.2, 0.25) is 0 Å². The Bertz CT molecular complexity index is 721. The number of thiazole rings is 1. The van der Waals surface area contributed by atoms with Gasteiger partial charge in [0.15, 0.2) is 4.80 Å². The third-order valence-electron chi connectivity index (χ3n) is 2.96. The lowest BCUT2D eigenvalue weighted by atomic mass is 10.1.